The maximum atomic E-state index is 10.4. The van der Waals surface area contributed by atoms with Crippen molar-refractivity contribution in [2.75, 3.05) is 6.26 Å². The van der Waals surface area contributed by atoms with Gasteiger partial charge in [0.25, 0.3) is 0 Å². The topological polar surface area (TPSA) is 40.9 Å². The molecule has 0 aliphatic rings. The second-order valence-electron chi connectivity index (χ2n) is 2.19. The van der Waals surface area contributed by atoms with Gasteiger partial charge in [-0.25, -0.2) is 0 Å². The molecule has 0 spiro atoms. The second-order valence-corrected chi connectivity index (χ2v) is 3.04. The fourth-order valence-corrected chi connectivity index (χ4v) is 1.46. The molecule has 3 heteroatoms. The molecule has 2 nitrogen and oxygen atoms in total. The van der Waals surface area contributed by atoms with Crippen LogP contribution in [0.25, 0.3) is 0 Å². The number of carbonyl (C=O) groups is 1. The van der Waals surface area contributed by atoms with Crippen LogP contribution in [0.1, 0.15) is 15.9 Å². The number of aldehydes is 1. The molecule has 0 radical (unpaired) electrons. The summed E-state index contributed by atoms with van der Waals surface area (Å²) < 4.78 is 0. The standard InChI is InChI=1S/C9H7NOS/c1-12-9-4-7(6-11)2-3-8(9)5-10/h2-4,6H,1H3. The van der Waals surface area contributed by atoms with Crippen LogP contribution in [-0.4, -0.2) is 12.5 Å². The van der Waals surface area contributed by atoms with Gasteiger partial charge in [-0.1, -0.05) is 6.07 Å². The Labute approximate surface area is 75.2 Å². The number of hydrogen-bond donors (Lipinski definition) is 0. The van der Waals surface area contributed by atoms with Gasteiger partial charge in [0, 0.05) is 10.5 Å². The largest absolute Gasteiger partial charge is 0.298 e. The minimum Gasteiger partial charge on any atom is -0.298 e. The number of benzene rings is 1. The maximum Gasteiger partial charge on any atom is 0.150 e. The highest BCUT2D eigenvalue weighted by Crippen LogP contribution is 2.20. The molecule has 1 rings (SSSR count). The van der Waals surface area contributed by atoms with Gasteiger partial charge in [-0.15, -0.1) is 11.8 Å². The fourth-order valence-electron chi connectivity index (χ4n) is 0.873. The summed E-state index contributed by atoms with van der Waals surface area (Å²) >= 11 is 1.47. The summed E-state index contributed by atoms with van der Waals surface area (Å²) in [5, 5.41) is 8.66. The molecule has 0 aliphatic heterocycles. The van der Waals surface area contributed by atoms with Crippen LogP contribution < -0.4 is 0 Å². The minimum absolute atomic E-state index is 0.610. The van der Waals surface area contributed by atoms with Gasteiger partial charge >= 0.3 is 0 Å². The zero-order valence-electron chi connectivity index (χ0n) is 6.57. The molecular formula is C9H7NOS. The van der Waals surface area contributed by atoms with Crippen molar-refractivity contribution in [2.24, 2.45) is 0 Å². The van der Waals surface area contributed by atoms with Gasteiger partial charge in [0.1, 0.15) is 12.4 Å². The van der Waals surface area contributed by atoms with E-state index in [9.17, 15) is 4.79 Å². The number of thioether (sulfide) groups is 1. The van der Waals surface area contributed by atoms with E-state index in [1.54, 1.807) is 18.2 Å². The van der Waals surface area contributed by atoms with E-state index in [1.807, 2.05) is 6.26 Å². The lowest BCUT2D eigenvalue weighted by atomic mass is 10.2. The normalized spacial score (nSPS) is 9.00. The van der Waals surface area contributed by atoms with Gasteiger partial charge in [0.05, 0.1) is 5.56 Å². The molecule has 12 heavy (non-hydrogen) atoms. The van der Waals surface area contributed by atoms with Crippen molar-refractivity contribution < 1.29 is 4.79 Å². The molecule has 0 bridgehead atoms. The van der Waals surface area contributed by atoms with Gasteiger partial charge in [-0.05, 0) is 18.4 Å². The Kier molecular flexibility index (Phi) is 2.89. The molecule has 0 amide bonds. The highest BCUT2D eigenvalue weighted by molar-refractivity contribution is 7.98. The smallest absolute Gasteiger partial charge is 0.150 e. The van der Waals surface area contributed by atoms with Crippen molar-refractivity contribution in [3.05, 3.63) is 29.3 Å². The van der Waals surface area contributed by atoms with Crippen LogP contribution in [-0.2, 0) is 0 Å². The molecule has 0 atom stereocenters. The van der Waals surface area contributed by atoms with Gasteiger partial charge in [-0.3, -0.25) is 4.79 Å². The van der Waals surface area contributed by atoms with Crippen LogP contribution in [0.3, 0.4) is 0 Å². The Hall–Kier alpha value is -1.27. The molecule has 0 heterocycles. The van der Waals surface area contributed by atoms with E-state index in [-0.39, 0.29) is 0 Å². The first-order valence-corrected chi connectivity index (χ1v) is 4.57. The molecule has 0 aliphatic carbocycles. The van der Waals surface area contributed by atoms with Crippen LogP contribution >= 0.6 is 11.8 Å². The van der Waals surface area contributed by atoms with E-state index < -0.39 is 0 Å². The SMILES string of the molecule is CSc1cc(C=O)ccc1C#N. The predicted octanol–water partition coefficient (Wildman–Crippen LogP) is 2.09. The number of rotatable bonds is 2. The van der Waals surface area contributed by atoms with Crippen LogP contribution in [0.15, 0.2) is 23.1 Å². The Morgan fingerprint density at radius 1 is 1.58 bits per heavy atom. The second kappa shape index (κ2) is 3.93. The lowest BCUT2D eigenvalue weighted by molar-refractivity contribution is 0.112. The summed E-state index contributed by atoms with van der Waals surface area (Å²) in [6, 6.07) is 7.09. The molecule has 0 aromatic heterocycles. The third-order valence-corrected chi connectivity index (χ3v) is 2.26. The Bertz CT molecular complexity index is 341. The molecular weight excluding hydrogens is 170 g/mol. The maximum absolute atomic E-state index is 10.4. The lowest BCUT2D eigenvalue weighted by Gasteiger charge is -1.99. The molecule has 1 aromatic carbocycles. The zero-order chi connectivity index (χ0) is 8.97. The molecule has 60 valence electrons. The van der Waals surface area contributed by atoms with E-state index in [2.05, 4.69) is 6.07 Å². The van der Waals surface area contributed by atoms with E-state index in [0.29, 0.717) is 11.1 Å². The molecule has 1 aromatic rings. The van der Waals surface area contributed by atoms with Gasteiger partial charge in [0.2, 0.25) is 0 Å². The van der Waals surface area contributed by atoms with Gasteiger partial charge < -0.3 is 0 Å². The predicted molar refractivity (Wildman–Crippen MR) is 48.3 cm³/mol. The van der Waals surface area contributed by atoms with Crippen molar-refractivity contribution in [1.29, 1.82) is 5.26 Å². The number of hydrogen-bond acceptors (Lipinski definition) is 3. The van der Waals surface area contributed by atoms with Crippen molar-refractivity contribution in [1.82, 2.24) is 0 Å². The summed E-state index contributed by atoms with van der Waals surface area (Å²) in [4.78, 5) is 11.2. The summed E-state index contributed by atoms with van der Waals surface area (Å²) in [6.45, 7) is 0. The Balaban J connectivity index is 3.21. The van der Waals surface area contributed by atoms with E-state index in [4.69, 9.17) is 5.26 Å². The number of nitrogens with zero attached hydrogens (tertiary/aromatic N) is 1. The van der Waals surface area contributed by atoms with Crippen LogP contribution in [0, 0.1) is 11.3 Å². The fraction of sp³-hybridized carbons (Fsp3) is 0.111. The highest BCUT2D eigenvalue weighted by Gasteiger charge is 2.00. The summed E-state index contributed by atoms with van der Waals surface area (Å²) in [5.41, 5.74) is 1.23. The lowest BCUT2D eigenvalue weighted by Crippen LogP contribution is -1.84. The monoisotopic (exact) mass is 177 g/mol. The minimum atomic E-state index is 0.610. The van der Waals surface area contributed by atoms with E-state index >= 15 is 0 Å². The molecule has 0 saturated heterocycles. The molecule has 0 unspecified atom stereocenters. The quantitative estimate of drug-likeness (QED) is 0.513. The first-order valence-electron chi connectivity index (χ1n) is 3.35. The van der Waals surface area contributed by atoms with Gasteiger partial charge in [-0.2, -0.15) is 5.26 Å². The van der Waals surface area contributed by atoms with Crippen LogP contribution in [0.5, 0.6) is 0 Å². The number of nitriles is 1. The molecule has 0 fully saturated rings. The Morgan fingerprint density at radius 2 is 2.33 bits per heavy atom. The number of carbonyl (C=O) groups excluding carboxylic acids is 1. The van der Waals surface area contributed by atoms with Crippen molar-refractivity contribution in [2.45, 2.75) is 4.90 Å². The highest BCUT2D eigenvalue weighted by atomic mass is 32.2. The summed E-state index contributed by atoms with van der Waals surface area (Å²) in [6.07, 6.45) is 2.66. The Morgan fingerprint density at radius 3 is 2.83 bits per heavy atom. The average molecular weight is 177 g/mol. The van der Waals surface area contributed by atoms with Crippen LogP contribution in [0.4, 0.5) is 0 Å². The first-order chi connectivity index (χ1) is 5.81. The van der Waals surface area contributed by atoms with Crippen LogP contribution in [0.2, 0.25) is 0 Å². The third-order valence-electron chi connectivity index (χ3n) is 1.48. The van der Waals surface area contributed by atoms with E-state index in [1.165, 1.54) is 11.8 Å². The first kappa shape index (κ1) is 8.82. The van der Waals surface area contributed by atoms with Crippen molar-refractivity contribution >= 4 is 18.0 Å². The van der Waals surface area contributed by atoms with Crippen molar-refractivity contribution in [3.63, 3.8) is 0 Å². The van der Waals surface area contributed by atoms with Gasteiger partial charge in [0.15, 0.2) is 0 Å². The van der Waals surface area contributed by atoms with E-state index in [0.717, 1.165) is 11.2 Å². The molecule has 0 N–H and O–H groups in total. The molecule has 0 saturated carbocycles. The average Bonchev–Trinajstić information content (AvgIpc) is 2.16. The van der Waals surface area contributed by atoms with Crippen molar-refractivity contribution in [3.8, 4) is 6.07 Å². The summed E-state index contributed by atoms with van der Waals surface area (Å²) in [5.74, 6) is 0. The third kappa shape index (κ3) is 1.66. The summed E-state index contributed by atoms with van der Waals surface area (Å²) in [7, 11) is 0. The zero-order valence-corrected chi connectivity index (χ0v) is 7.39.